The number of hydrogen-bond donors (Lipinski definition) is 1. The molecule has 0 aromatic heterocycles. The molecule has 76 valence electrons. The molecule has 1 N–H and O–H groups in total. The number of hydrogen-bond acceptors (Lipinski definition) is 3. The van der Waals surface area contributed by atoms with Crippen molar-refractivity contribution in [1.82, 2.24) is 0 Å². The van der Waals surface area contributed by atoms with E-state index in [9.17, 15) is 5.11 Å². The van der Waals surface area contributed by atoms with Crippen molar-refractivity contribution in [2.45, 2.75) is 31.8 Å². The summed E-state index contributed by atoms with van der Waals surface area (Å²) in [6, 6.07) is 0. The molecule has 0 radical (unpaired) electrons. The Morgan fingerprint density at radius 2 is 2.54 bits per heavy atom. The SMILES string of the molecule is COCCCC(O)C1=COCCC1. The summed E-state index contributed by atoms with van der Waals surface area (Å²) in [4.78, 5) is 0. The molecule has 0 aromatic carbocycles. The average Bonchev–Trinajstić information content (AvgIpc) is 2.19. The first kappa shape index (κ1) is 10.5. The Balaban J connectivity index is 2.21. The van der Waals surface area contributed by atoms with Crippen LogP contribution < -0.4 is 0 Å². The van der Waals surface area contributed by atoms with E-state index in [1.165, 1.54) is 0 Å². The van der Waals surface area contributed by atoms with Crippen LogP contribution in [0.15, 0.2) is 11.8 Å². The Kier molecular flexibility index (Phi) is 4.86. The van der Waals surface area contributed by atoms with E-state index in [1.54, 1.807) is 13.4 Å². The van der Waals surface area contributed by atoms with Crippen molar-refractivity contribution in [2.24, 2.45) is 0 Å². The minimum Gasteiger partial charge on any atom is -0.501 e. The van der Waals surface area contributed by atoms with Crippen LogP contribution in [0, 0.1) is 0 Å². The van der Waals surface area contributed by atoms with Crippen LogP contribution in [-0.4, -0.2) is 31.5 Å². The van der Waals surface area contributed by atoms with Gasteiger partial charge < -0.3 is 14.6 Å². The molecule has 1 aliphatic heterocycles. The van der Waals surface area contributed by atoms with Crippen LogP contribution in [0.3, 0.4) is 0 Å². The molecule has 0 saturated carbocycles. The number of aliphatic hydroxyl groups excluding tert-OH is 1. The zero-order valence-electron chi connectivity index (χ0n) is 8.16. The lowest BCUT2D eigenvalue weighted by Gasteiger charge is -2.18. The summed E-state index contributed by atoms with van der Waals surface area (Å²) in [5.74, 6) is 0. The van der Waals surface area contributed by atoms with Gasteiger partial charge in [-0.05, 0) is 31.3 Å². The van der Waals surface area contributed by atoms with E-state index in [-0.39, 0.29) is 6.10 Å². The van der Waals surface area contributed by atoms with Crippen molar-refractivity contribution in [1.29, 1.82) is 0 Å². The normalized spacial score (nSPS) is 19.1. The van der Waals surface area contributed by atoms with Gasteiger partial charge in [-0.2, -0.15) is 0 Å². The highest BCUT2D eigenvalue weighted by atomic mass is 16.5. The zero-order chi connectivity index (χ0) is 9.52. The molecule has 0 fully saturated rings. The summed E-state index contributed by atoms with van der Waals surface area (Å²) in [6.45, 7) is 1.50. The molecule has 0 spiro atoms. The quantitative estimate of drug-likeness (QED) is 0.661. The molecule has 1 unspecified atom stereocenters. The highest BCUT2D eigenvalue weighted by Crippen LogP contribution is 2.18. The van der Waals surface area contributed by atoms with Crippen molar-refractivity contribution < 1.29 is 14.6 Å². The van der Waals surface area contributed by atoms with Gasteiger partial charge in [0.1, 0.15) is 0 Å². The predicted molar refractivity (Wildman–Crippen MR) is 50.4 cm³/mol. The summed E-state index contributed by atoms with van der Waals surface area (Å²) in [5, 5.41) is 9.70. The van der Waals surface area contributed by atoms with Crippen molar-refractivity contribution >= 4 is 0 Å². The Labute approximate surface area is 79.3 Å². The molecular formula is C10H18O3. The Bertz CT molecular complexity index is 166. The van der Waals surface area contributed by atoms with Crippen molar-refractivity contribution in [2.75, 3.05) is 20.3 Å². The molecule has 0 amide bonds. The van der Waals surface area contributed by atoms with Gasteiger partial charge in [0.2, 0.25) is 0 Å². The van der Waals surface area contributed by atoms with Gasteiger partial charge in [-0.25, -0.2) is 0 Å². The second-order valence-electron chi connectivity index (χ2n) is 3.32. The lowest BCUT2D eigenvalue weighted by molar-refractivity contribution is 0.140. The van der Waals surface area contributed by atoms with E-state index in [4.69, 9.17) is 9.47 Å². The van der Waals surface area contributed by atoms with Crippen LogP contribution in [0.25, 0.3) is 0 Å². The van der Waals surface area contributed by atoms with Crippen LogP contribution in [0.1, 0.15) is 25.7 Å². The maximum atomic E-state index is 9.70. The van der Waals surface area contributed by atoms with Crippen molar-refractivity contribution in [3.8, 4) is 0 Å². The standard InChI is InChI=1S/C10H18O3/c1-12-6-3-5-10(11)9-4-2-7-13-8-9/h8,10-11H,2-7H2,1H3. The second-order valence-corrected chi connectivity index (χ2v) is 3.32. The van der Waals surface area contributed by atoms with Gasteiger partial charge in [0.25, 0.3) is 0 Å². The Morgan fingerprint density at radius 1 is 1.69 bits per heavy atom. The van der Waals surface area contributed by atoms with E-state index in [2.05, 4.69) is 0 Å². The van der Waals surface area contributed by atoms with Gasteiger partial charge in [0.15, 0.2) is 0 Å². The second kappa shape index (κ2) is 6.00. The molecule has 0 aliphatic carbocycles. The summed E-state index contributed by atoms with van der Waals surface area (Å²) < 4.78 is 10.1. The van der Waals surface area contributed by atoms with Crippen LogP contribution >= 0.6 is 0 Å². The summed E-state index contributed by atoms with van der Waals surface area (Å²) in [5.41, 5.74) is 1.03. The van der Waals surface area contributed by atoms with E-state index >= 15 is 0 Å². The highest BCUT2D eigenvalue weighted by molar-refractivity contribution is 5.06. The first-order valence-electron chi connectivity index (χ1n) is 4.82. The first-order chi connectivity index (χ1) is 6.34. The Morgan fingerprint density at radius 3 is 3.15 bits per heavy atom. The lowest BCUT2D eigenvalue weighted by atomic mass is 10.0. The molecule has 3 heteroatoms. The molecule has 1 rings (SSSR count). The Hall–Kier alpha value is -0.540. The molecule has 0 aromatic rings. The molecule has 0 bridgehead atoms. The summed E-state index contributed by atoms with van der Waals surface area (Å²) >= 11 is 0. The van der Waals surface area contributed by atoms with Gasteiger partial charge >= 0.3 is 0 Å². The first-order valence-corrected chi connectivity index (χ1v) is 4.82. The minimum absolute atomic E-state index is 0.338. The predicted octanol–water partition coefficient (Wildman–Crippen LogP) is 1.47. The fraction of sp³-hybridized carbons (Fsp3) is 0.800. The molecule has 13 heavy (non-hydrogen) atoms. The lowest BCUT2D eigenvalue weighted by Crippen LogP contribution is -2.15. The maximum absolute atomic E-state index is 9.70. The molecule has 3 nitrogen and oxygen atoms in total. The third kappa shape index (κ3) is 3.79. The minimum atomic E-state index is -0.338. The van der Waals surface area contributed by atoms with Crippen LogP contribution in [0.4, 0.5) is 0 Å². The fourth-order valence-corrected chi connectivity index (χ4v) is 1.44. The molecule has 0 saturated heterocycles. The molecule has 1 aliphatic rings. The van der Waals surface area contributed by atoms with Crippen molar-refractivity contribution in [3.63, 3.8) is 0 Å². The third-order valence-electron chi connectivity index (χ3n) is 2.22. The van der Waals surface area contributed by atoms with E-state index in [1.807, 2.05) is 0 Å². The molecule has 1 heterocycles. The van der Waals surface area contributed by atoms with Crippen LogP contribution in [-0.2, 0) is 9.47 Å². The van der Waals surface area contributed by atoms with Gasteiger partial charge in [0, 0.05) is 13.7 Å². The van der Waals surface area contributed by atoms with Gasteiger partial charge in [0.05, 0.1) is 19.0 Å². The van der Waals surface area contributed by atoms with E-state index in [0.29, 0.717) is 6.61 Å². The van der Waals surface area contributed by atoms with E-state index in [0.717, 1.165) is 37.9 Å². The largest absolute Gasteiger partial charge is 0.501 e. The monoisotopic (exact) mass is 186 g/mol. The maximum Gasteiger partial charge on any atom is 0.0876 e. The summed E-state index contributed by atoms with van der Waals surface area (Å²) in [7, 11) is 1.68. The van der Waals surface area contributed by atoms with Gasteiger partial charge in [-0.1, -0.05) is 0 Å². The van der Waals surface area contributed by atoms with Gasteiger partial charge in [-0.3, -0.25) is 0 Å². The molecular weight excluding hydrogens is 168 g/mol. The summed E-state index contributed by atoms with van der Waals surface area (Å²) in [6.07, 6.45) is 5.02. The smallest absolute Gasteiger partial charge is 0.0876 e. The zero-order valence-corrected chi connectivity index (χ0v) is 8.16. The van der Waals surface area contributed by atoms with Crippen LogP contribution in [0.5, 0.6) is 0 Å². The number of ether oxygens (including phenoxy) is 2. The highest BCUT2D eigenvalue weighted by Gasteiger charge is 2.13. The number of methoxy groups -OCH3 is 1. The van der Waals surface area contributed by atoms with Gasteiger partial charge in [-0.15, -0.1) is 0 Å². The average molecular weight is 186 g/mol. The number of aliphatic hydroxyl groups is 1. The third-order valence-corrected chi connectivity index (χ3v) is 2.22. The van der Waals surface area contributed by atoms with Crippen molar-refractivity contribution in [3.05, 3.63) is 11.8 Å². The van der Waals surface area contributed by atoms with Crippen LogP contribution in [0.2, 0.25) is 0 Å². The fourth-order valence-electron chi connectivity index (χ4n) is 1.44. The topological polar surface area (TPSA) is 38.7 Å². The van der Waals surface area contributed by atoms with E-state index < -0.39 is 0 Å². The number of rotatable bonds is 5. The molecule has 1 atom stereocenters.